The number of hydrogen-bond donors (Lipinski definition) is 2. The van der Waals surface area contributed by atoms with Crippen LogP contribution >= 0.6 is 0 Å². The molecule has 0 unspecified atom stereocenters. The van der Waals surface area contributed by atoms with Crippen LogP contribution in [0.4, 0.5) is 11.8 Å². The molecule has 4 rings (SSSR count). The van der Waals surface area contributed by atoms with Crippen LogP contribution in [0.2, 0.25) is 0 Å². The maximum Gasteiger partial charge on any atom is 0.243 e. The minimum Gasteiger partial charge on any atom is -0.382 e. The van der Waals surface area contributed by atoms with Crippen molar-refractivity contribution in [3.63, 3.8) is 0 Å². The molecular weight excluding hydrogens is 402 g/mol. The van der Waals surface area contributed by atoms with E-state index < -0.39 is 10.0 Å². The molecule has 0 amide bonds. The minimum absolute atomic E-state index is 0.0352. The first-order valence-corrected chi connectivity index (χ1v) is 11.4. The van der Waals surface area contributed by atoms with Gasteiger partial charge in [-0.2, -0.15) is 14.3 Å². The van der Waals surface area contributed by atoms with Gasteiger partial charge in [0, 0.05) is 19.1 Å². The van der Waals surface area contributed by atoms with Crippen LogP contribution < -0.4 is 11.5 Å². The summed E-state index contributed by atoms with van der Waals surface area (Å²) in [5.41, 5.74) is 13.6. The molecule has 30 heavy (non-hydrogen) atoms. The number of aromatic nitrogens is 4. The van der Waals surface area contributed by atoms with Crippen LogP contribution in [0, 0.1) is 0 Å². The van der Waals surface area contributed by atoms with Gasteiger partial charge in [-0.15, -0.1) is 0 Å². The summed E-state index contributed by atoms with van der Waals surface area (Å²) >= 11 is 0. The first-order chi connectivity index (χ1) is 14.1. The minimum atomic E-state index is -3.61. The van der Waals surface area contributed by atoms with E-state index in [1.165, 1.54) is 0 Å². The van der Waals surface area contributed by atoms with Gasteiger partial charge in [-0.05, 0) is 36.0 Å². The zero-order valence-corrected chi connectivity index (χ0v) is 18.2. The molecule has 0 saturated carbocycles. The van der Waals surface area contributed by atoms with Gasteiger partial charge in [-0.3, -0.25) is 0 Å². The lowest BCUT2D eigenvalue weighted by Crippen LogP contribution is -2.38. The van der Waals surface area contributed by atoms with Gasteiger partial charge >= 0.3 is 0 Å². The van der Waals surface area contributed by atoms with Crippen LogP contribution in [0.15, 0.2) is 35.5 Å². The van der Waals surface area contributed by atoms with E-state index in [0.717, 1.165) is 18.4 Å². The largest absolute Gasteiger partial charge is 0.382 e. The summed E-state index contributed by atoms with van der Waals surface area (Å²) < 4.78 is 30.1. The number of nitrogens with two attached hydrogens (primary N) is 2. The maximum absolute atomic E-state index is 13.3. The first-order valence-electron chi connectivity index (χ1n) is 9.93. The molecule has 1 atom stereocenters. The molecule has 0 spiro atoms. The highest BCUT2D eigenvalue weighted by Crippen LogP contribution is 2.30. The molecule has 1 aliphatic heterocycles. The van der Waals surface area contributed by atoms with E-state index >= 15 is 0 Å². The Hall–Kier alpha value is -2.72. The summed E-state index contributed by atoms with van der Waals surface area (Å²) in [6.07, 6.45) is 3.17. The van der Waals surface area contributed by atoms with Crippen molar-refractivity contribution < 1.29 is 8.42 Å². The molecule has 0 bridgehead atoms. The second-order valence-electron chi connectivity index (χ2n) is 8.72. The number of hydrogen-bond acceptors (Lipinski definition) is 7. The third-order valence-electron chi connectivity index (χ3n) is 5.57. The number of sulfonamides is 1. The molecule has 9 nitrogen and oxygen atoms in total. The summed E-state index contributed by atoms with van der Waals surface area (Å²) in [6.45, 7) is 7.22. The van der Waals surface area contributed by atoms with Crippen molar-refractivity contribution in [1.82, 2.24) is 23.8 Å². The number of rotatable bonds is 4. The molecular formula is C20H27N7O2S. The fraction of sp³-hybridized carbons (Fsp3) is 0.450. The summed E-state index contributed by atoms with van der Waals surface area (Å²) in [6, 6.07) is 6.99. The number of nitrogens with zero attached hydrogens (tertiary/aromatic N) is 5. The average Bonchev–Trinajstić information content (AvgIpc) is 3.29. The van der Waals surface area contributed by atoms with E-state index in [9.17, 15) is 8.42 Å². The van der Waals surface area contributed by atoms with Crippen LogP contribution in [-0.2, 0) is 22.0 Å². The van der Waals surface area contributed by atoms with Gasteiger partial charge in [-0.1, -0.05) is 32.9 Å². The van der Waals surface area contributed by atoms with E-state index in [2.05, 4.69) is 35.7 Å². The predicted octanol–water partition coefficient (Wildman–Crippen LogP) is 2.14. The van der Waals surface area contributed by atoms with Gasteiger partial charge in [-0.25, -0.2) is 13.4 Å². The van der Waals surface area contributed by atoms with Gasteiger partial charge in [0.15, 0.2) is 11.5 Å². The topological polar surface area (TPSA) is 133 Å². The number of fused-ring (bicyclic) bond motifs is 1. The van der Waals surface area contributed by atoms with Gasteiger partial charge in [0.25, 0.3) is 0 Å². The number of benzene rings is 1. The fourth-order valence-electron chi connectivity index (χ4n) is 3.91. The molecule has 160 valence electrons. The molecule has 3 heterocycles. The van der Waals surface area contributed by atoms with Crippen LogP contribution in [0.3, 0.4) is 0 Å². The van der Waals surface area contributed by atoms with Crippen molar-refractivity contribution in [3.8, 4) is 0 Å². The Labute approximate surface area is 176 Å². The summed E-state index contributed by atoms with van der Waals surface area (Å²) in [4.78, 5) is 12.7. The molecule has 1 aromatic carbocycles. The monoisotopic (exact) mass is 429 g/mol. The molecule has 0 radical (unpaired) electrons. The second-order valence-corrected chi connectivity index (χ2v) is 10.6. The zero-order valence-electron chi connectivity index (χ0n) is 17.4. The van der Waals surface area contributed by atoms with E-state index in [-0.39, 0.29) is 23.2 Å². The first kappa shape index (κ1) is 20.5. The number of imidazole rings is 1. The number of anilines is 2. The summed E-state index contributed by atoms with van der Waals surface area (Å²) in [5, 5.41) is 0. The molecule has 10 heteroatoms. The summed E-state index contributed by atoms with van der Waals surface area (Å²) in [7, 11) is -3.61. The van der Waals surface area contributed by atoms with Gasteiger partial charge in [0.05, 0.1) is 11.2 Å². The Morgan fingerprint density at radius 1 is 1.13 bits per heavy atom. The van der Waals surface area contributed by atoms with E-state index in [1.807, 2.05) is 12.1 Å². The van der Waals surface area contributed by atoms with E-state index in [1.54, 1.807) is 27.3 Å². The van der Waals surface area contributed by atoms with E-state index in [4.69, 9.17) is 11.5 Å². The Morgan fingerprint density at radius 2 is 1.83 bits per heavy atom. The van der Waals surface area contributed by atoms with Crippen LogP contribution in [0.5, 0.6) is 0 Å². The highest BCUT2D eigenvalue weighted by molar-refractivity contribution is 7.89. The molecule has 1 saturated heterocycles. The quantitative estimate of drug-likeness (QED) is 0.649. The number of nitrogen functional groups attached to an aromatic ring is 2. The standard InChI is InChI=1S/C20H27N7O2S/c1-20(2,3)13-6-8-15(9-7-13)30(28,29)27-10-4-5-14(27)11-26-12-23-16-17(21)24-19(22)25-18(16)26/h6-9,12,14H,4-5,10-11H2,1-3H3,(H4,21,22,24,25)/t14-/m0/s1. The smallest absolute Gasteiger partial charge is 0.243 e. The van der Waals surface area contributed by atoms with Crippen molar-refractivity contribution in [2.75, 3.05) is 18.0 Å². The molecule has 4 N–H and O–H groups in total. The lowest BCUT2D eigenvalue weighted by atomic mass is 9.87. The Bertz CT molecular complexity index is 1180. The Balaban J connectivity index is 1.62. The Morgan fingerprint density at radius 3 is 2.50 bits per heavy atom. The van der Waals surface area contributed by atoms with Crippen molar-refractivity contribution in [2.45, 2.75) is 56.5 Å². The van der Waals surface area contributed by atoms with Gasteiger partial charge in [0.1, 0.15) is 5.52 Å². The molecule has 0 aliphatic carbocycles. The van der Waals surface area contributed by atoms with Gasteiger partial charge in [0.2, 0.25) is 16.0 Å². The highest BCUT2D eigenvalue weighted by atomic mass is 32.2. The third kappa shape index (κ3) is 3.61. The predicted molar refractivity (Wildman–Crippen MR) is 116 cm³/mol. The lowest BCUT2D eigenvalue weighted by Gasteiger charge is -2.25. The average molecular weight is 430 g/mol. The van der Waals surface area contributed by atoms with Gasteiger partial charge < -0.3 is 16.0 Å². The normalized spacial score (nSPS) is 18.3. The van der Waals surface area contributed by atoms with Crippen molar-refractivity contribution in [3.05, 3.63) is 36.2 Å². The molecule has 3 aromatic rings. The SMILES string of the molecule is CC(C)(C)c1ccc(S(=O)(=O)N2CCC[C@H]2Cn2cnc3c(N)nc(N)nc32)cc1. The van der Waals surface area contributed by atoms with Crippen LogP contribution in [0.25, 0.3) is 11.2 Å². The van der Waals surface area contributed by atoms with E-state index in [0.29, 0.717) is 29.1 Å². The highest BCUT2D eigenvalue weighted by Gasteiger charge is 2.36. The molecule has 1 fully saturated rings. The van der Waals surface area contributed by atoms with Crippen molar-refractivity contribution in [2.24, 2.45) is 0 Å². The molecule has 1 aliphatic rings. The van der Waals surface area contributed by atoms with Crippen LogP contribution in [0.1, 0.15) is 39.2 Å². The van der Waals surface area contributed by atoms with Crippen molar-refractivity contribution >= 4 is 33.0 Å². The summed E-state index contributed by atoms with van der Waals surface area (Å²) in [5.74, 6) is 0.280. The van der Waals surface area contributed by atoms with Crippen molar-refractivity contribution in [1.29, 1.82) is 0 Å². The second kappa shape index (κ2) is 7.21. The lowest BCUT2D eigenvalue weighted by molar-refractivity contribution is 0.354. The zero-order chi connectivity index (χ0) is 21.7. The fourth-order valence-corrected chi connectivity index (χ4v) is 5.60. The maximum atomic E-state index is 13.3. The van der Waals surface area contributed by atoms with Crippen LogP contribution in [-0.4, -0.2) is 44.8 Å². The third-order valence-corrected chi connectivity index (χ3v) is 7.53. The molecule has 2 aromatic heterocycles. The Kier molecular flexibility index (Phi) is 4.94.